The molecule has 106 valence electrons. The van der Waals surface area contributed by atoms with E-state index in [4.69, 9.17) is 9.47 Å². The van der Waals surface area contributed by atoms with Crippen LogP contribution in [0.25, 0.3) is 0 Å². The van der Waals surface area contributed by atoms with Gasteiger partial charge in [-0.3, -0.25) is 4.79 Å². The molecule has 0 spiro atoms. The van der Waals surface area contributed by atoms with Crippen LogP contribution < -0.4 is 9.47 Å². The quantitative estimate of drug-likeness (QED) is 0.470. The van der Waals surface area contributed by atoms with Gasteiger partial charge in [0.15, 0.2) is 17.8 Å². The van der Waals surface area contributed by atoms with Crippen molar-refractivity contribution < 1.29 is 19.1 Å². The lowest BCUT2D eigenvalue weighted by atomic mass is 9.71. The molecule has 1 aromatic rings. The summed E-state index contributed by atoms with van der Waals surface area (Å²) in [6.45, 7) is 0. The van der Waals surface area contributed by atoms with Gasteiger partial charge in [-0.05, 0) is 41.3 Å². The SMILES string of the molecule is COc1c(C2(N=C=O)CCC2)cc(Br)c(C=O)c1OC. The molecule has 2 rings (SSSR count). The molecule has 1 aromatic carbocycles. The van der Waals surface area contributed by atoms with Crippen molar-refractivity contribution in [2.45, 2.75) is 24.8 Å². The summed E-state index contributed by atoms with van der Waals surface area (Å²) in [7, 11) is 2.97. The van der Waals surface area contributed by atoms with E-state index in [1.165, 1.54) is 14.2 Å². The fraction of sp³-hybridized carbons (Fsp3) is 0.429. The van der Waals surface area contributed by atoms with E-state index in [1.54, 1.807) is 12.1 Å². The van der Waals surface area contributed by atoms with Gasteiger partial charge in [-0.1, -0.05) is 0 Å². The molecule has 0 aliphatic heterocycles. The molecule has 6 heteroatoms. The van der Waals surface area contributed by atoms with E-state index in [9.17, 15) is 9.59 Å². The molecule has 0 aromatic heterocycles. The van der Waals surface area contributed by atoms with E-state index in [-0.39, 0.29) is 0 Å². The fourth-order valence-electron chi connectivity index (χ4n) is 2.52. The number of aldehydes is 1. The van der Waals surface area contributed by atoms with Crippen LogP contribution in [-0.4, -0.2) is 26.6 Å². The number of methoxy groups -OCH3 is 2. The molecule has 0 atom stereocenters. The van der Waals surface area contributed by atoms with Gasteiger partial charge in [-0.2, -0.15) is 4.99 Å². The highest BCUT2D eigenvalue weighted by atomic mass is 79.9. The molecule has 1 aliphatic carbocycles. The Morgan fingerprint density at radius 1 is 1.35 bits per heavy atom. The van der Waals surface area contributed by atoms with Crippen molar-refractivity contribution in [2.75, 3.05) is 14.2 Å². The number of aliphatic imine (C=N–C) groups is 1. The Labute approximate surface area is 125 Å². The van der Waals surface area contributed by atoms with Crippen molar-refractivity contribution in [3.05, 3.63) is 21.7 Å². The summed E-state index contributed by atoms with van der Waals surface area (Å²) >= 11 is 3.35. The zero-order chi connectivity index (χ0) is 14.8. The first-order chi connectivity index (χ1) is 9.63. The number of carbonyl (C=O) groups excluding carboxylic acids is 2. The number of hydrogen-bond acceptors (Lipinski definition) is 5. The molecule has 1 aliphatic rings. The van der Waals surface area contributed by atoms with Gasteiger partial charge in [0.25, 0.3) is 0 Å². The number of rotatable bonds is 5. The van der Waals surface area contributed by atoms with Crippen LogP contribution in [0, 0.1) is 0 Å². The van der Waals surface area contributed by atoms with Crippen molar-refractivity contribution >= 4 is 28.3 Å². The summed E-state index contributed by atoms with van der Waals surface area (Å²) in [5, 5.41) is 0. The van der Waals surface area contributed by atoms with E-state index < -0.39 is 5.54 Å². The lowest BCUT2D eigenvalue weighted by molar-refractivity contribution is 0.111. The highest BCUT2D eigenvalue weighted by molar-refractivity contribution is 9.10. The molecule has 0 amide bonds. The van der Waals surface area contributed by atoms with Crippen LogP contribution in [0.5, 0.6) is 11.5 Å². The second-order valence-corrected chi connectivity index (χ2v) is 5.45. The topological polar surface area (TPSA) is 65.0 Å². The van der Waals surface area contributed by atoms with Crippen molar-refractivity contribution in [1.82, 2.24) is 0 Å². The van der Waals surface area contributed by atoms with E-state index in [0.717, 1.165) is 24.8 Å². The highest BCUT2D eigenvalue weighted by Crippen LogP contribution is 2.52. The monoisotopic (exact) mass is 339 g/mol. The van der Waals surface area contributed by atoms with E-state index in [0.29, 0.717) is 27.8 Å². The number of hydrogen-bond donors (Lipinski definition) is 0. The molecule has 1 fully saturated rings. The van der Waals surface area contributed by atoms with Crippen molar-refractivity contribution in [3.8, 4) is 11.5 Å². The zero-order valence-electron chi connectivity index (χ0n) is 11.2. The maximum absolute atomic E-state index is 11.2. The number of halogens is 1. The normalized spacial score (nSPS) is 15.8. The minimum Gasteiger partial charge on any atom is -0.492 e. The summed E-state index contributed by atoms with van der Waals surface area (Å²) in [5.41, 5.74) is 0.492. The van der Waals surface area contributed by atoms with Gasteiger partial charge < -0.3 is 9.47 Å². The maximum Gasteiger partial charge on any atom is 0.235 e. The predicted molar refractivity (Wildman–Crippen MR) is 76.3 cm³/mol. The molecule has 0 heterocycles. The van der Waals surface area contributed by atoms with Crippen LogP contribution in [0.1, 0.15) is 35.2 Å². The minimum atomic E-state index is -0.621. The first-order valence-electron chi connectivity index (χ1n) is 6.12. The summed E-state index contributed by atoms with van der Waals surface area (Å²) in [6, 6.07) is 1.77. The number of isocyanates is 1. The molecule has 0 bridgehead atoms. The predicted octanol–water partition coefficient (Wildman–Crippen LogP) is 2.99. The van der Waals surface area contributed by atoms with Gasteiger partial charge in [0.05, 0.1) is 19.8 Å². The van der Waals surface area contributed by atoms with Gasteiger partial charge in [-0.15, -0.1) is 0 Å². The van der Waals surface area contributed by atoms with E-state index in [2.05, 4.69) is 20.9 Å². The molecule has 0 unspecified atom stereocenters. The average Bonchev–Trinajstić information content (AvgIpc) is 2.41. The molecule has 5 nitrogen and oxygen atoms in total. The summed E-state index contributed by atoms with van der Waals surface area (Å²) in [6.07, 6.45) is 4.80. The van der Waals surface area contributed by atoms with Crippen LogP contribution in [-0.2, 0) is 10.3 Å². The second kappa shape index (κ2) is 5.77. The summed E-state index contributed by atoms with van der Waals surface area (Å²) < 4.78 is 11.3. The Hall–Kier alpha value is -1.65. The smallest absolute Gasteiger partial charge is 0.235 e. The van der Waals surface area contributed by atoms with Gasteiger partial charge >= 0.3 is 0 Å². The van der Waals surface area contributed by atoms with Gasteiger partial charge in [0, 0.05) is 10.0 Å². The van der Waals surface area contributed by atoms with Gasteiger partial charge in [-0.25, -0.2) is 4.79 Å². The average molecular weight is 340 g/mol. The Morgan fingerprint density at radius 2 is 2.00 bits per heavy atom. The Bertz CT molecular complexity index is 589. The third kappa shape index (κ3) is 2.15. The largest absolute Gasteiger partial charge is 0.492 e. The third-order valence-electron chi connectivity index (χ3n) is 3.69. The van der Waals surface area contributed by atoms with Crippen molar-refractivity contribution in [2.24, 2.45) is 4.99 Å². The Kier molecular flexibility index (Phi) is 4.26. The lowest BCUT2D eigenvalue weighted by Crippen LogP contribution is -2.32. The van der Waals surface area contributed by atoms with Crippen LogP contribution in [0.15, 0.2) is 15.5 Å². The number of ether oxygens (including phenoxy) is 2. The molecule has 20 heavy (non-hydrogen) atoms. The first kappa shape index (κ1) is 14.8. The number of carbonyl (C=O) groups is 1. The summed E-state index contributed by atoms with van der Waals surface area (Å²) in [4.78, 5) is 25.9. The second-order valence-electron chi connectivity index (χ2n) is 4.59. The minimum absolute atomic E-state index is 0.347. The van der Waals surface area contributed by atoms with Crippen molar-refractivity contribution in [3.63, 3.8) is 0 Å². The van der Waals surface area contributed by atoms with Crippen LogP contribution in [0.2, 0.25) is 0 Å². The number of benzene rings is 1. The molecule has 0 N–H and O–H groups in total. The Morgan fingerprint density at radius 3 is 2.40 bits per heavy atom. The van der Waals surface area contributed by atoms with Gasteiger partial charge in [0.2, 0.25) is 6.08 Å². The molecular formula is C14H14BrNO4. The van der Waals surface area contributed by atoms with Crippen LogP contribution >= 0.6 is 15.9 Å². The highest BCUT2D eigenvalue weighted by Gasteiger charge is 2.42. The zero-order valence-corrected chi connectivity index (χ0v) is 12.8. The number of nitrogens with zero attached hydrogens (tertiary/aromatic N) is 1. The molecule has 0 saturated heterocycles. The first-order valence-corrected chi connectivity index (χ1v) is 6.92. The third-order valence-corrected chi connectivity index (χ3v) is 4.35. The van der Waals surface area contributed by atoms with Crippen LogP contribution in [0.4, 0.5) is 0 Å². The van der Waals surface area contributed by atoms with Crippen LogP contribution in [0.3, 0.4) is 0 Å². The lowest BCUT2D eigenvalue weighted by Gasteiger charge is -2.38. The maximum atomic E-state index is 11.2. The van der Waals surface area contributed by atoms with E-state index in [1.807, 2.05) is 0 Å². The molecule has 1 saturated carbocycles. The van der Waals surface area contributed by atoms with Crippen molar-refractivity contribution in [1.29, 1.82) is 0 Å². The molecule has 0 radical (unpaired) electrons. The molecular weight excluding hydrogens is 326 g/mol. The fourth-order valence-corrected chi connectivity index (χ4v) is 3.03. The standard InChI is InChI=1S/C14H14BrNO4/c1-19-12-9(7-17)11(15)6-10(13(12)20-2)14(16-8-18)4-3-5-14/h6-7H,3-5H2,1-2H3. The Balaban J connectivity index is 2.73. The van der Waals surface area contributed by atoms with Gasteiger partial charge in [0.1, 0.15) is 5.54 Å². The van der Waals surface area contributed by atoms with E-state index >= 15 is 0 Å². The summed E-state index contributed by atoms with van der Waals surface area (Å²) in [5.74, 6) is 0.788.